The van der Waals surface area contributed by atoms with Crippen LogP contribution in [0.4, 0.5) is 4.39 Å². The summed E-state index contributed by atoms with van der Waals surface area (Å²) in [6.07, 6.45) is 3.51. The summed E-state index contributed by atoms with van der Waals surface area (Å²) in [6, 6.07) is 8.87. The number of hydrogen-bond acceptors (Lipinski definition) is 6. The van der Waals surface area contributed by atoms with Crippen molar-refractivity contribution in [2.75, 3.05) is 0 Å². The Balaban J connectivity index is 1.70. The first-order chi connectivity index (χ1) is 12.6. The Hall–Kier alpha value is -3.20. The van der Waals surface area contributed by atoms with Crippen LogP contribution in [-0.4, -0.2) is 31.1 Å². The van der Waals surface area contributed by atoms with Crippen molar-refractivity contribution >= 4 is 5.91 Å². The number of amides is 1. The number of hydrogen-bond donors (Lipinski definition) is 1. The fourth-order valence-corrected chi connectivity index (χ4v) is 2.45. The molecule has 9 heteroatoms. The summed E-state index contributed by atoms with van der Waals surface area (Å²) in [5, 5.41) is 11.2. The maximum absolute atomic E-state index is 13.5. The number of rotatable bonds is 7. The molecule has 1 unspecified atom stereocenters. The van der Waals surface area contributed by atoms with Gasteiger partial charge in [-0.2, -0.15) is 0 Å². The van der Waals surface area contributed by atoms with E-state index in [0.717, 1.165) is 5.56 Å². The molecule has 3 rings (SSSR count). The lowest BCUT2D eigenvalue weighted by Gasteiger charge is -2.17. The molecule has 3 aromatic rings. The molecular weight excluding hydrogens is 339 g/mol. The van der Waals surface area contributed by atoms with Crippen LogP contribution in [0.25, 0.3) is 0 Å². The molecule has 2 aromatic heterocycles. The largest absolute Gasteiger partial charge is 0.270 e. The minimum absolute atomic E-state index is 0.168. The van der Waals surface area contributed by atoms with Crippen molar-refractivity contribution in [3.63, 3.8) is 0 Å². The van der Waals surface area contributed by atoms with E-state index < -0.39 is 11.9 Å². The van der Waals surface area contributed by atoms with Crippen LogP contribution < -0.4 is 5.48 Å². The third kappa shape index (κ3) is 4.45. The Kier molecular flexibility index (Phi) is 5.59. The van der Waals surface area contributed by atoms with Crippen molar-refractivity contribution in [2.24, 2.45) is 0 Å². The zero-order chi connectivity index (χ0) is 18.4. The molecule has 0 aliphatic carbocycles. The molecule has 0 radical (unpaired) electrons. The number of nitrogens with one attached hydrogen (secondary N) is 1. The molecule has 1 amide bonds. The van der Waals surface area contributed by atoms with E-state index in [4.69, 9.17) is 4.84 Å². The molecule has 0 bridgehead atoms. The van der Waals surface area contributed by atoms with Gasteiger partial charge in [-0.15, -0.1) is 5.10 Å². The summed E-state index contributed by atoms with van der Waals surface area (Å²) in [5.74, 6) is -0.342. The van der Waals surface area contributed by atoms with Gasteiger partial charge < -0.3 is 0 Å². The third-order valence-electron chi connectivity index (χ3n) is 3.71. The molecule has 26 heavy (non-hydrogen) atoms. The number of pyridine rings is 1. The molecular formula is C17H17FN6O2. The zero-order valence-electron chi connectivity index (χ0n) is 14.0. The van der Waals surface area contributed by atoms with Crippen molar-refractivity contribution < 1.29 is 14.0 Å². The molecule has 1 aromatic carbocycles. The van der Waals surface area contributed by atoms with Gasteiger partial charge >= 0.3 is 0 Å². The number of benzene rings is 1. The van der Waals surface area contributed by atoms with Crippen LogP contribution in [-0.2, 0) is 22.7 Å². The predicted octanol–water partition coefficient (Wildman–Crippen LogP) is 1.55. The van der Waals surface area contributed by atoms with Gasteiger partial charge in [0.05, 0.1) is 0 Å². The van der Waals surface area contributed by atoms with Gasteiger partial charge in [-0.1, -0.05) is 18.2 Å². The van der Waals surface area contributed by atoms with E-state index in [0.29, 0.717) is 11.4 Å². The highest BCUT2D eigenvalue weighted by molar-refractivity contribution is 5.79. The lowest BCUT2D eigenvalue weighted by Crippen LogP contribution is -2.35. The molecule has 0 saturated heterocycles. The van der Waals surface area contributed by atoms with E-state index in [1.54, 1.807) is 37.5 Å². The highest BCUT2D eigenvalue weighted by Crippen LogP contribution is 2.16. The number of aromatic nitrogens is 5. The van der Waals surface area contributed by atoms with E-state index in [2.05, 4.69) is 26.0 Å². The first-order valence-electron chi connectivity index (χ1n) is 7.93. The van der Waals surface area contributed by atoms with Crippen molar-refractivity contribution in [3.05, 3.63) is 71.6 Å². The van der Waals surface area contributed by atoms with Crippen LogP contribution in [0.1, 0.15) is 23.0 Å². The molecule has 0 aliphatic rings. The Morgan fingerprint density at radius 2 is 2.15 bits per heavy atom. The first kappa shape index (κ1) is 17.6. The van der Waals surface area contributed by atoms with Crippen LogP contribution >= 0.6 is 0 Å². The molecule has 0 saturated carbocycles. The number of carbonyl (C=O) groups is 1. The van der Waals surface area contributed by atoms with Crippen LogP contribution in [0.5, 0.6) is 0 Å². The predicted molar refractivity (Wildman–Crippen MR) is 88.9 cm³/mol. The van der Waals surface area contributed by atoms with Crippen molar-refractivity contribution in [1.29, 1.82) is 0 Å². The summed E-state index contributed by atoms with van der Waals surface area (Å²) in [4.78, 5) is 21.9. The SMILES string of the molecule is Cc1nnnn1C(Cc1cccc(F)c1)C(=O)NOCc1cccnc1. The minimum Gasteiger partial charge on any atom is -0.270 e. The standard InChI is InChI=1S/C17H17FN6O2/c1-12-20-22-23-24(12)16(9-13-4-2-6-15(18)8-13)17(25)21-26-11-14-5-3-7-19-10-14/h2-8,10,16H,9,11H2,1H3,(H,21,25). The number of aryl methyl sites for hydroxylation is 1. The number of hydroxylamine groups is 1. The molecule has 1 atom stereocenters. The molecule has 2 heterocycles. The van der Waals surface area contributed by atoms with Crippen LogP contribution in [0, 0.1) is 12.7 Å². The minimum atomic E-state index is -0.777. The van der Waals surface area contributed by atoms with Gasteiger partial charge in [0.1, 0.15) is 24.3 Å². The number of carbonyl (C=O) groups excluding carboxylic acids is 1. The highest BCUT2D eigenvalue weighted by atomic mass is 19.1. The Labute approximate surface area is 149 Å². The lowest BCUT2D eigenvalue weighted by atomic mass is 10.1. The molecule has 1 N–H and O–H groups in total. The normalized spacial score (nSPS) is 11.9. The van der Waals surface area contributed by atoms with Crippen LogP contribution in [0.15, 0.2) is 48.8 Å². The monoisotopic (exact) mass is 356 g/mol. The van der Waals surface area contributed by atoms with E-state index in [-0.39, 0.29) is 18.8 Å². The number of tetrazole rings is 1. The van der Waals surface area contributed by atoms with E-state index in [1.807, 2.05) is 6.07 Å². The van der Waals surface area contributed by atoms with Gasteiger partial charge in [0.15, 0.2) is 0 Å². The molecule has 0 fully saturated rings. The lowest BCUT2D eigenvalue weighted by molar-refractivity contribution is -0.138. The summed E-state index contributed by atoms with van der Waals surface area (Å²) >= 11 is 0. The van der Waals surface area contributed by atoms with Gasteiger partial charge in [0.2, 0.25) is 0 Å². The quantitative estimate of drug-likeness (QED) is 0.646. The maximum atomic E-state index is 13.5. The average Bonchev–Trinajstić information content (AvgIpc) is 3.06. The highest BCUT2D eigenvalue weighted by Gasteiger charge is 2.24. The zero-order valence-corrected chi connectivity index (χ0v) is 14.0. The summed E-state index contributed by atoms with van der Waals surface area (Å²) < 4.78 is 14.8. The van der Waals surface area contributed by atoms with Gasteiger partial charge in [0.25, 0.3) is 5.91 Å². The first-order valence-corrected chi connectivity index (χ1v) is 7.93. The Bertz CT molecular complexity index is 870. The van der Waals surface area contributed by atoms with Crippen molar-refractivity contribution in [1.82, 2.24) is 30.7 Å². The fraction of sp³-hybridized carbons (Fsp3) is 0.235. The second-order valence-electron chi connectivity index (χ2n) is 5.64. The summed E-state index contributed by atoms with van der Waals surface area (Å²) in [5.41, 5.74) is 3.86. The number of halogens is 1. The fourth-order valence-electron chi connectivity index (χ4n) is 2.45. The van der Waals surface area contributed by atoms with Crippen LogP contribution in [0.3, 0.4) is 0 Å². The van der Waals surface area contributed by atoms with Gasteiger partial charge in [-0.25, -0.2) is 14.6 Å². The summed E-state index contributed by atoms with van der Waals surface area (Å²) in [6.45, 7) is 1.85. The summed E-state index contributed by atoms with van der Waals surface area (Å²) in [7, 11) is 0. The topological polar surface area (TPSA) is 94.8 Å². The maximum Gasteiger partial charge on any atom is 0.268 e. The van der Waals surface area contributed by atoms with Crippen LogP contribution in [0.2, 0.25) is 0 Å². The van der Waals surface area contributed by atoms with Gasteiger partial charge in [-0.3, -0.25) is 14.6 Å². The van der Waals surface area contributed by atoms with Crippen molar-refractivity contribution in [3.8, 4) is 0 Å². The Morgan fingerprint density at radius 3 is 2.85 bits per heavy atom. The smallest absolute Gasteiger partial charge is 0.268 e. The molecule has 0 spiro atoms. The van der Waals surface area contributed by atoms with Gasteiger partial charge in [0, 0.05) is 18.8 Å². The van der Waals surface area contributed by atoms with Crippen molar-refractivity contribution in [2.45, 2.75) is 26.0 Å². The van der Waals surface area contributed by atoms with Gasteiger partial charge in [-0.05, 0) is 46.7 Å². The molecule has 0 aliphatic heterocycles. The van der Waals surface area contributed by atoms with E-state index in [9.17, 15) is 9.18 Å². The second-order valence-corrected chi connectivity index (χ2v) is 5.64. The Morgan fingerprint density at radius 1 is 1.31 bits per heavy atom. The van der Waals surface area contributed by atoms with E-state index in [1.165, 1.54) is 16.8 Å². The number of nitrogens with zero attached hydrogens (tertiary/aromatic N) is 5. The average molecular weight is 356 g/mol. The third-order valence-corrected chi connectivity index (χ3v) is 3.71. The second kappa shape index (κ2) is 8.26. The molecule has 134 valence electrons. The molecule has 8 nitrogen and oxygen atoms in total. The van der Waals surface area contributed by atoms with E-state index >= 15 is 0 Å².